The highest BCUT2D eigenvalue weighted by Gasteiger charge is 2.23. The van der Waals surface area contributed by atoms with Crippen molar-refractivity contribution >= 4 is 28.2 Å². The number of piperazine rings is 1. The maximum atomic E-state index is 15.0. The van der Waals surface area contributed by atoms with Crippen molar-refractivity contribution in [2.75, 3.05) is 30.3 Å². The number of benzene rings is 2. The molecule has 7 nitrogen and oxygen atoms in total. The summed E-state index contributed by atoms with van der Waals surface area (Å²) >= 11 is 0. The second-order valence-electron chi connectivity index (χ2n) is 7.49. The van der Waals surface area contributed by atoms with Gasteiger partial charge in [0.25, 0.3) is 0 Å². The Hall–Kier alpha value is -3.53. The number of fused-ring (bicyclic) bond motifs is 1. The van der Waals surface area contributed by atoms with Crippen molar-refractivity contribution < 1.29 is 23.1 Å². The monoisotopic (exact) mass is 432 g/mol. The van der Waals surface area contributed by atoms with Crippen molar-refractivity contribution in [2.45, 2.75) is 13.0 Å². The Morgan fingerprint density at radius 3 is 2.52 bits per heavy atom. The van der Waals surface area contributed by atoms with E-state index in [1.807, 2.05) is 6.92 Å². The van der Waals surface area contributed by atoms with Gasteiger partial charge >= 0.3 is 5.97 Å². The van der Waals surface area contributed by atoms with E-state index < -0.39 is 34.4 Å². The molecule has 1 saturated heterocycles. The number of hydrogen-bond acceptors (Lipinski definition) is 5. The van der Waals surface area contributed by atoms with Gasteiger partial charge in [-0.05, 0) is 25.1 Å². The molecule has 0 radical (unpaired) electrons. The van der Waals surface area contributed by atoms with E-state index in [9.17, 15) is 27.9 Å². The molecule has 10 heteroatoms. The molecule has 4 rings (SSSR count). The number of nitrogen functional groups attached to an aromatic ring is 1. The Morgan fingerprint density at radius 1 is 1.13 bits per heavy atom. The number of nitrogens with two attached hydrogens (primary N) is 1. The second kappa shape index (κ2) is 7.62. The molecule has 0 spiro atoms. The Morgan fingerprint density at radius 2 is 1.84 bits per heavy atom. The Balaban J connectivity index is 2.05. The zero-order valence-electron chi connectivity index (χ0n) is 16.5. The normalized spacial score (nSPS) is 16.6. The van der Waals surface area contributed by atoms with Gasteiger partial charge in [0, 0.05) is 43.3 Å². The maximum absolute atomic E-state index is 15.0. The highest BCUT2D eigenvalue weighted by molar-refractivity contribution is 5.94. The fraction of sp³-hybridized carbons (Fsp3) is 0.238. The molecule has 4 N–H and O–H groups in total. The lowest BCUT2D eigenvalue weighted by Gasteiger charge is -2.34. The lowest BCUT2D eigenvalue weighted by atomic mass is 10.1. The van der Waals surface area contributed by atoms with Gasteiger partial charge in [-0.25, -0.2) is 18.0 Å². The molecular weight excluding hydrogens is 413 g/mol. The quantitative estimate of drug-likeness (QED) is 0.550. The minimum Gasteiger partial charge on any atom is -0.477 e. The topological polar surface area (TPSA) is 101 Å². The van der Waals surface area contributed by atoms with Gasteiger partial charge in [-0.15, -0.1) is 0 Å². The number of aromatic nitrogens is 1. The first kappa shape index (κ1) is 20.7. The van der Waals surface area contributed by atoms with Crippen LogP contribution in [-0.4, -0.2) is 41.3 Å². The van der Waals surface area contributed by atoms with Gasteiger partial charge in [-0.3, -0.25) is 4.79 Å². The predicted molar refractivity (Wildman–Crippen MR) is 110 cm³/mol. The molecule has 162 valence electrons. The van der Waals surface area contributed by atoms with E-state index in [1.165, 1.54) is 6.07 Å². The zero-order chi connectivity index (χ0) is 22.4. The number of aromatic carboxylic acids is 1. The Kier molecular flexibility index (Phi) is 5.10. The average molecular weight is 432 g/mol. The molecule has 1 aromatic heterocycles. The van der Waals surface area contributed by atoms with Gasteiger partial charge in [-0.1, -0.05) is 0 Å². The van der Waals surface area contributed by atoms with Gasteiger partial charge in [-0.2, -0.15) is 0 Å². The Labute approximate surface area is 174 Å². The number of hydrogen-bond donors (Lipinski definition) is 3. The van der Waals surface area contributed by atoms with Crippen LogP contribution in [0.3, 0.4) is 0 Å². The number of pyridine rings is 1. The van der Waals surface area contributed by atoms with Crippen LogP contribution in [0.25, 0.3) is 16.6 Å². The minimum atomic E-state index is -1.56. The lowest BCUT2D eigenvalue weighted by molar-refractivity contribution is 0.0695. The smallest absolute Gasteiger partial charge is 0.341 e. The van der Waals surface area contributed by atoms with Crippen molar-refractivity contribution in [1.82, 2.24) is 9.88 Å². The third-order valence-electron chi connectivity index (χ3n) is 5.34. The van der Waals surface area contributed by atoms with Crippen molar-refractivity contribution in [2.24, 2.45) is 0 Å². The molecule has 2 aromatic carbocycles. The molecule has 0 bridgehead atoms. The average Bonchev–Trinajstić information content (AvgIpc) is 2.71. The van der Waals surface area contributed by atoms with E-state index in [1.54, 1.807) is 4.90 Å². The van der Waals surface area contributed by atoms with Crippen LogP contribution in [-0.2, 0) is 0 Å². The van der Waals surface area contributed by atoms with E-state index in [0.29, 0.717) is 25.7 Å². The van der Waals surface area contributed by atoms with Crippen LogP contribution < -0.4 is 21.4 Å². The molecule has 1 aliphatic heterocycles. The fourth-order valence-electron chi connectivity index (χ4n) is 3.82. The molecule has 1 fully saturated rings. The summed E-state index contributed by atoms with van der Waals surface area (Å²) in [6.07, 6.45) is 0.935. The molecule has 0 amide bonds. The highest BCUT2D eigenvalue weighted by atomic mass is 19.1. The maximum Gasteiger partial charge on any atom is 0.341 e. The van der Waals surface area contributed by atoms with Crippen molar-refractivity contribution in [3.63, 3.8) is 0 Å². The second-order valence-corrected chi connectivity index (χ2v) is 7.49. The first-order valence-corrected chi connectivity index (χ1v) is 9.52. The fourth-order valence-corrected chi connectivity index (χ4v) is 3.82. The SMILES string of the molecule is CC1CN(c2cc3c(cc2F)c(=O)c(C(=O)O)cn3-c2cc(N)c(F)cc2F)CCN1. The van der Waals surface area contributed by atoms with Crippen molar-refractivity contribution in [1.29, 1.82) is 0 Å². The number of carboxylic acid groups (broad SMARTS) is 1. The summed E-state index contributed by atoms with van der Waals surface area (Å²) in [4.78, 5) is 26.1. The van der Waals surface area contributed by atoms with Crippen molar-refractivity contribution in [3.8, 4) is 5.69 Å². The van der Waals surface area contributed by atoms with Crippen LogP contribution in [0.2, 0.25) is 0 Å². The number of rotatable bonds is 3. The first-order chi connectivity index (χ1) is 14.7. The highest BCUT2D eigenvalue weighted by Crippen LogP contribution is 2.29. The summed E-state index contributed by atoms with van der Waals surface area (Å²) in [6, 6.07) is 3.98. The van der Waals surface area contributed by atoms with Crippen LogP contribution in [0, 0.1) is 17.5 Å². The van der Waals surface area contributed by atoms with Crippen LogP contribution >= 0.6 is 0 Å². The molecule has 3 aromatic rings. The summed E-state index contributed by atoms with van der Waals surface area (Å²) in [5.41, 5.74) is 3.62. The summed E-state index contributed by atoms with van der Waals surface area (Å²) in [7, 11) is 0. The largest absolute Gasteiger partial charge is 0.477 e. The van der Waals surface area contributed by atoms with Gasteiger partial charge in [0.05, 0.1) is 22.6 Å². The molecule has 1 unspecified atom stereocenters. The first-order valence-electron chi connectivity index (χ1n) is 9.52. The number of anilines is 2. The van der Waals surface area contributed by atoms with Crippen LogP contribution in [0.1, 0.15) is 17.3 Å². The Bertz CT molecular complexity index is 1280. The van der Waals surface area contributed by atoms with E-state index in [-0.39, 0.29) is 34.0 Å². The van der Waals surface area contributed by atoms with Crippen molar-refractivity contribution in [3.05, 3.63) is 63.7 Å². The molecular formula is C21H19F3N4O3. The number of nitrogens with zero attached hydrogens (tertiary/aromatic N) is 2. The third-order valence-corrected chi connectivity index (χ3v) is 5.34. The lowest BCUT2D eigenvalue weighted by Crippen LogP contribution is -2.49. The molecule has 1 aliphatic rings. The molecule has 0 aliphatic carbocycles. The molecule has 31 heavy (non-hydrogen) atoms. The standard InChI is InChI=1S/C21H19F3N4O3/c1-10-8-27(3-2-26-10)18-7-17-11(4-14(18)23)20(29)12(21(30)31)9-28(17)19-6-16(25)13(22)5-15(19)24/h4-7,9-10,26H,2-3,8,25H2,1H3,(H,30,31). The van der Waals surface area contributed by atoms with E-state index >= 15 is 0 Å². The molecule has 2 heterocycles. The number of nitrogens with one attached hydrogen (secondary N) is 1. The summed E-state index contributed by atoms with van der Waals surface area (Å²) < 4.78 is 44.4. The van der Waals surface area contributed by atoms with Gasteiger partial charge in [0.2, 0.25) is 5.43 Å². The number of halogens is 3. The van der Waals surface area contributed by atoms with Crippen LogP contribution in [0.15, 0.2) is 35.3 Å². The number of carboxylic acids is 1. The van der Waals surface area contributed by atoms with E-state index in [0.717, 1.165) is 22.9 Å². The van der Waals surface area contributed by atoms with Gasteiger partial charge in [0.15, 0.2) is 0 Å². The van der Waals surface area contributed by atoms with Gasteiger partial charge in [0.1, 0.15) is 23.0 Å². The van der Waals surface area contributed by atoms with Crippen LogP contribution in [0.4, 0.5) is 24.5 Å². The van der Waals surface area contributed by atoms with Gasteiger partial charge < -0.3 is 25.6 Å². The number of carbonyl (C=O) groups is 1. The minimum absolute atomic E-state index is 0.0718. The van der Waals surface area contributed by atoms with E-state index in [4.69, 9.17) is 5.73 Å². The van der Waals surface area contributed by atoms with Crippen LogP contribution in [0.5, 0.6) is 0 Å². The summed E-state index contributed by atoms with van der Waals surface area (Å²) in [6.45, 7) is 3.56. The van der Waals surface area contributed by atoms with E-state index in [2.05, 4.69) is 5.32 Å². The third kappa shape index (κ3) is 3.59. The summed E-state index contributed by atoms with van der Waals surface area (Å²) in [5.74, 6) is -4.26. The molecule has 1 atom stereocenters. The predicted octanol–water partition coefficient (Wildman–Crippen LogP) is 2.49. The summed E-state index contributed by atoms with van der Waals surface area (Å²) in [5, 5.41) is 12.4. The molecule has 0 saturated carbocycles. The zero-order valence-corrected chi connectivity index (χ0v) is 16.5.